The summed E-state index contributed by atoms with van der Waals surface area (Å²) >= 11 is 0. The molecule has 2 aromatic rings. The van der Waals surface area contributed by atoms with E-state index in [9.17, 15) is 18.0 Å². The van der Waals surface area contributed by atoms with Gasteiger partial charge in [-0.3, -0.25) is 9.59 Å². The van der Waals surface area contributed by atoms with E-state index in [4.69, 9.17) is 4.74 Å². The van der Waals surface area contributed by atoms with Gasteiger partial charge in [0.05, 0.1) is 11.3 Å². The van der Waals surface area contributed by atoms with E-state index in [1.807, 2.05) is 43.3 Å². The number of rotatable bonds is 9. The van der Waals surface area contributed by atoms with E-state index >= 15 is 0 Å². The Bertz CT molecular complexity index is 1080. The molecule has 1 fully saturated rings. The van der Waals surface area contributed by atoms with Gasteiger partial charge in [-0.2, -0.15) is 4.31 Å². The van der Waals surface area contributed by atoms with Gasteiger partial charge in [0.2, 0.25) is 10.0 Å². The van der Waals surface area contributed by atoms with Crippen molar-refractivity contribution in [2.24, 2.45) is 0 Å². The third kappa shape index (κ3) is 6.80. The highest BCUT2D eigenvalue weighted by atomic mass is 32.2. The van der Waals surface area contributed by atoms with Crippen LogP contribution in [-0.2, 0) is 37.3 Å². The lowest BCUT2D eigenvalue weighted by atomic mass is 10.1. The lowest BCUT2D eigenvalue weighted by Gasteiger charge is -2.25. The second-order valence-corrected chi connectivity index (χ2v) is 10.7. The zero-order valence-electron chi connectivity index (χ0n) is 20.1. The summed E-state index contributed by atoms with van der Waals surface area (Å²) < 4.78 is 32.1. The van der Waals surface area contributed by atoms with Crippen LogP contribution in [0.2, 0.25) is 0 Å². The van der Waals surface area contributed by atoms with Crippen molar-refractivity contribution in [3.8, 4) is 0 Å². The molecule has 1 saturated heterocycles. The van der Waals surface area contributed by atoms with Crippen LogP contribution in [0.5, 0.6) is 0 Å². The van der Waals surface area contributed by atoms with E-state index in [2.05, 4.69) is 0 Å². The van der Waals surface area contributed by atoms with Gasteiger partial charge in [0.15, 0.2) is 6.61 Å². The summed E-state index contributed by atoms with van der Waals surface area (Å²) in [4.78, 5) is 28.3. The van der Waals surface area contributed by atoms with Crippen LogP contribution in [0.25, 0.3) is 0 Å². The number of likely N-dealkylation sites (N-methyl/N-ethyl adjacent to an activating group) is 1. The highest BCUT2D eigenvalue weighted by molar-refractivity contribution is 7.89. The first-order chi connectivity index (χ1) is 16.2. The molecule has 0 bridgehead atoms. The number of amides is 1. The van der Waals surface area contributed by atoms with Gasteiger partial charge in [-0.1, -0.05) is 30.7 Å². The summed E-state index contributed by atoms with van der Waals surface area (Å²) in [6.45, 7) is 1.16. The van der Waals surface area contributed by atoms with Crippen molar-refractivity contribution in [3.05, 3.63) is 59.7 Å². The number of nitrogens with zero attached hydrogens (tertiary/aromatic N) is 3. The Kier molecular flexibility index (Phi) is 8.68. The summed E-state index contributed by atoms with van der Waals surface area (Å²) in [5.41, 5.74) is 2.68. The van der Waals surface area contributed by atoms with E-state index < -0.39 is 16.0 Å². The minimum Gasteiger partial charge on any atom is -0.455 e. The average Bonchev–Trinajstić information content (AvgIpc) is 2.83. The molecule has 1 heterocycles. The maximum atomic E-state index is 12.7. The monoisotopic (exact) mass is 487 g/mol. The van der Waals surface area contributed by atoms with Gasteiger partial charge < -0.3 is 14.5 Å². The van der Waals surface area contributed by atoms with E-state index in [0.29, 0.717) is 25.2 Å². The lowest BCUT2D eigenvalue weighted by Crippen LogP contribution is -2.35. The van der Waals surface area contributed by atoms with E-state index in [1.54, 1.807) is 19.2 Å². The number of carbonyl (C=O) groups excluding carboxylic acids is 2. The number of piperidine rings is 1. The standard InChI is InChI=1S/C25H33N3O5S/c1-26(2)22-11-7-21(8-12-22)18-27(3)24(29)19-33-25(30)17-20-9-13-23(14-10-20)34(31,32)28-15-5-4-6-16-28/h7-14H,4-6,15-19H2,1-3H3. The largest absolute Gasteiger partial charge is 0.455 e. The molecule has 0 N–H and O–H groups in total. The molecule has 0 unspecified atom stereocenters. The summed E-state index contributed by atoms with van der Waals surface area (Å²) in [6.07, 6.45) is 2.77. The predicted molar refractivity (Wildman–Crippen MR) is 131 cm³/mol. The van der Waals surface area contributed by atoms with Crippen molar-refractivity contribution in [2.45, 2.75) is 37.1 Å². The second-order valence-electron chi connectivity index (χ2n) is 8.76. The molecule has 0 aliphatic carbocycles. The van der Waals surface area contributed by atoms with Gasteiger partial charge in [-0.05, 0) is 48.2 Å². The number of hydrogen-bond donors (Lipinski definition) is 0. The Morgan fingerprint density at radius 2 is 1.47 bits per heavy atom. The summed E-state index contributed by atoms with van der Waals surface area (Å²) in [5.74, 6) is -0.836. The minimum atomic E-state index is -3.51. The van der Waals surface area contributed by atoms with Crippen LogP contribution in [0.15, 0.2) is 53.4 Å². The first-order valence-corrected chi connectivity index (χ1v) is 12.9. The molecule has 0 spiro atoms. The molecule has 1 aliphatic heterocycles. The van der Waals surface area contributed by atoms with Gasteiger partial charge in [0, 0.05) is 46.5 Å². The number of carbonyl (C=O) groups is 2. The number of sulfonamides is 1. The van der Waals surface area contributed by atoms with E-state index in [1.165, 1.54) is 21.3 Å². The van der Waals surface area contributed by atoms with Crippen LogP contribution in [0.3, 0.4) is 0 Å². The molecule has 0 radical (unpaired) electrons. The van der Waals surface area contributed by atoms with Crippen LogP contribution in [0.1, 0.15) is 30.4 Å². The number of esters is 1. The van der Waals surface area contributed by atoms with Crippen molar-refractivity contribution in [3.63, 3.8) is 0 Å². The molecule has 184 valence electrons. The molecule has 1 amide bonds. The zero-order chi connectivity index (χ0) is 24.7. The second kappa shape index (κ2) is 11.5. The fourth-order valence-corrected chi connectivity index (χ4v) is 5.28. The normalized spacial score (nSPS) is 14.4. The van der Waals surface area contributed by atoms with Gasteiger partial charge >= 0.3 is 5.97 Å². The topological polar surface area (TPSA) is 87.2 Å². The summed E-state index contributed by atoms with van der Waals surface area (Å²) in [5, 5.41) is 0. The average molecular weight is 488 g/mol. The quantitative estimate of drug-likeness (QED) is 0.506. The van der Waals surface area contributed by atoms with Crippen molar-refractivity contribution < 1.29 is 22.7 Å². The highest BCUT2D eigenvalue weighted by Gasteiger charge is 2.25. The Balaban J connectivity index is 1.47. The molecule has 0 saturated carbocycles. The first-order valence-electron chi connectivity index (χ1n) is 11.4. The molecular weight excluding hydrogens is 454 g/mol. The minimum absolute atomic E-state index is 0.0347. The molecule has 3 rings (SSSR count). The van der Waals surface area contributed by atoms with Crippen molar-refractivity contribution in [1.29, 1.82) is 0 Å². The summed E-state index contributed by atoms with van der Waals surface area (Å²) in [7, 11) is 2.08. The molecule has 9 heteroatoms. The van der Waals surface area contributed by atoms with Crippen molar-refractivity contribution in [1.82, 2.24) is 9.21 Å². The zero-order valence-corrected chi connectivity index (χ0v) is 20.9. The van der Waals surface area contributed by atoms with E-state index in [0.717, 1.165) is 30.5 Å². The van der Waals surface area contributed by atoms with Gasteiger partial charge in [0.25, 0.3) is 5.91 Å². The van der Waals surface area contributed by atoms with Crippen LogP contribution in [0.4, 0.5) is 5.69 Å². The molecular formula is C25H33N3O5S. The molecule has 8 nitrogen and oxygen atoms in total. The number of benzene rings is 2. The molecule has 0 atom stereocenters. The van der Waals surface area contributed by atoms with Gasteiger partial charge in [0.1, 0.15) is 0 Å². The number of ether oxygens (including phenoxy) is 1. The van der Waals surface area contributed by atoms with Crippen LogP contribution in [-0.4, -0.2) is 70.3 Å². The molecule has 1 aliphatic rings. The number of anilines is 1. The smallest absolute Gasteiger partial charge is 0.310 e. The van der Waals surface area contributed by atoms with Gasteiger partial charge in [-0.25, -0.2) is 8.42 Å². The molecule has 0 aromatic heterocycles. The van der Waals surface area contributed by atoms with Crippen LogP contribution in [0, 0.1) is 0 Å². The highest BCUT2D eigenvalue weighted by Crippen LogP contribution is 2.21. The van der Waals surface area contributed by atoms with Crippen LogP contribution < -0.4 is 4.90 Å². The lowest BCUT2D eigenvalue weighted by molar-refractivity contribution is -0.151. The van der Waals surface area contributed by atoms with E-state index in [-0.39, 0.29) is 23.8 Å². The first kappa shape index (κ1) is 25.7. The Morgan fingerprint density at radius 1 is 0.882 bits per heavy atom. The number of hydrogen-bond acceptors (Lipinski definition) is 6. The Hall–Kier alpha value is -2.91. The fourth-order valence-electron chi connectivity index (χ4n) is 3.77. The maximum absolute atomic E-state index is 12.7. The van der Waals surface area contributed by atoms with Crippen molar-refractivity contribution >= 4 is 27.6 Å². The fraction of sp³-hybridized carbons (Fsp3) is 0.440. The van der Waals surface area contributed by atoms with Crippen LogP contribution >= 0.6 is 0 Å². The van der Waals surface area contributed by atoms with Gasteiger partial charge in [-0.15, -0.1) is 0 Å². The third-order valence-electron chi connectivity index (χ3n) is 5.88. The Labute approximate surface area is 202 Å². The maximum Gasteiger partial charge on any atom is 0.310 e. The summed E-state index contributed by atoms with van der Waals surface area (Å²) in [6, 6.07) is 14.2. The molecule has 2 aromatic carbocycles. The SMILES string of the molecule is CN(Cc1ccc(N(C)C)cc1)C(=O)COC(=O)Cc1ccc(S(=O)(=O)N2CCCCC2)cc1. The van der Waals surface area contributed by atoms with Crippen molar-refractivity contribution in [2.75, 3.05) is 45.7 Å². The third-order valence-corrected chi connectivity index (χ3v) is 7.79. The Morgan fingerprint density at radius 3 is 2.06 bits per heavy atom. The predicted octanol–water partition coefficient (Wildman–Crippen LogP) is 2.67. The molecule has 34 heavy (non-hydrogen) atoms.